The molecule has 0 saturated heterocycles. The van der Waals surface area contributed by atoms with Gasteiger partial charge in [-0.3, -0.25) is 9.29 Å². The number of anilines is 1. The second-order valence-corrected chi connectivity index (χ2v) is 8.08. The molecule has 9 heteroatoms. The average Bonchev–Trinajstić information content (AvgIpc) is 2.51. The molecule has 22 heavy (non-hydrogen) atoms. The van der Waals surface area contributed by atoms with Crippen LogP contribution in [0.3, 0.4) is 0 Å². The molecular weight excluding hydrogens is 440 g/mol. The highest BCUT2D eigenvalue weighted by Gasteiger charge is 2.31. The van der Waals surface area contributed by atoms with E-state index in [-0.39, 0.29) is 23.8 Å². The predicted molar refractivity (Wildman–Crippen MR) is 87.8 cm³/mol. The molecule has 0 saturated carbocycles. The van der Waals surface area contributed by atoms with E-state index in [0.717, 1.165) is 0 Å². The van der Waals surface area contributed by atoms with E-state index in [1.807, 2.05) is 0 Å². The molecule has 6 nitrogen and oxygen atoms in total. The van der Waals surface area contributed by atoms with Gasteiger partial charge in [0.1, 0.15) is 23.8 Å². The third-order valence-electron chi connectivity index (χ3n) is 3.16. The van der Waals surface area contributed by atoms with Gasteiger partial charge in [-0.05, 0) is 44.0 Å². The molecule has 0 unspecified atom stereocenters. The number of nitrogens with zero attached hydrogens (tertiary/aromatic N) is 2. The van der Waals surface area contributed by atoms with Crippen molar-refractivity contribution in [2.75, 3.05) is 17.5 Å². The zero-order valence-corrected chi connectivity index (χ0v) is 15.0. The van der Waals surface area contributed by atoms with Crippen LogP contribution in [0.4, 0.5) is 5.69 Å². The molecule has 0 fully saturated rings. The summed E-state index contributed by atoms with van der Waals surface area (Å²) in [6.45, 7) is 0.452. The minimum absolute atomic E-state index is 0.0528. The lowest BCUT2D eigenvalue weighted by Crippen LogP contribution is -2.38. The summed E-state index contributed by atoms with van der Waals surface area (Å²) in [4.78, 5) is 4.02. The summed E-state index contributed by atoms with van der Waals surface area (Å²) in [5, 5.41) is 9.73. The van der Waals surface area contributed by atoms with E-state index in [2.05, 4.69) is 36.8 Å². The summed E-state index contributed by atoms with van der Waals surface area (Å²) in [6.07, 6.45) is 3.00. The van der Waals surface area contributed by atoms with Crippen molar-refractivity contribution in [1.82, 2.24) is 4.98 Å². The van der Waals surface area contributed by atoms with Crippen molar-refractivity contribution in [2.24, 2.45) is 0 Å². The zero-order chi connectivity index (χ0) is 15.9. The molecule has 3 rings (SSSR count). The second kappa shape index (κ2) is 5.71. The molecule has 116 valence electrons. The molecule has 0 bridgehead atoms. The van der Waals surface area contributed by atoms with Crippen molar-refractivity contribution in [1.29, 1.82) is 0 Å². The van der Waals surface area contributed by atoms with E-state index >= 15 is 0 Å². The maximum atomic E-state index is 12.9. The van der Waals surface area contributed by atoms with Gasteiger partial charge in [0.05, 0.1) is 26.6 Å². The number of fused-ring (bicyclic) bond motifs is 1. The number of aromatic hydroxyl groups is 1. The standard InChI is InChI=1S/C13H10Br2N2O4S/c14-9-5-8(6-10(15)13(9)18)22(19,20)17-3-4-21-12-1-2-16-7-11(12)17/h1-2,5-7,18H,3-4H2. The Balaban J connectivity index is 2.12. The Kier molecular flexibility index (Phi) is 4.04. The third-order valence-corrected chi connectivity index (χ3v) is 6.16. The fourth-order valence-electron chi connectivity index (χ4n) is 2.11. The quantitative estimate of drug-likeness (QED) is 0.762. The van der Waals surface area contributed by atoms with Gasteiger partial charge in [-0.1, -0.05) is 0 Å². The molecule has 2 aromatic rings. The highest BCUT2D eigenvalue weighted by molar-refractivity contribution is 9.11. The number of ether oxygens (including phenoxy) is 1. The average molecular weight is 450 g/mol. The van der Waals surface area contributed by atoms with E-state index in [4.69, 9.17) is 4.74 Å². The Labute approximate surface area is 144 Å². The molecule has 1 aromatic heterocycles. The fourth-order valence-corrected chi connectivity index (χ4v) is 5.10. The topological polar surface area (TPSA) is 79.7 Å². The van der Waals surface area contributed by atoms with Crippen LogP contribution in [0.2, 0.25) is 0 Å². The maximum Gasteiger partial charge on any atom is 0.264 e. The molecule has 0 aliphatic carbocycles. The van der Waals surface area contributed by atoms with Crippen LogP contribution in [-0.2, 0) is 10.0 Å². The molecular formula is C13H10Br2N2O4S. The number of halogens is 2. The predicted octanol–water partition coefficient (Wildman–Crippen LogP) is 2.90. The first kappa shape index (κ1) is 15.6. The maximum absolute atomic E-state index is 12.9. The number of sulfonamides is 1. The summed E-state index contributed by atoms with van der Waals surface area (Å²) in [5.41, 5.74) is 0.397. The van der Waals surface area contributed by atoms with Gasteiger partial charge >= 0.3 is 0 Å². The highest BCUT2D eigenvalue weighted by Crippen LogP contribution is 2.38. The monoisotopic (exact) mass is 448 g/mol. The van der Waals surface area contributed by atoms with Crippen molar-refractivity contribution < 1.29 is 18.3 Å². The highest BCUT2D eigenvalue weighted by atomic mass is 79.9. The van der Waals surface area contributed by atoms with Crippen molar-refractivity contribution in [3.8, 4) is 11.5 Å². The van der Waals surface area contributed by atoms with Gasteiger partial charge in [0.2, 0.25) is 0 Å². The lowest BCUT2D eigenvalue weighted by atomic mass is 10.3. The lowest BCUT2D eigenvalue weighted by molar-refractivity contribution is 0.315. The van der Waals surface area contributed by atoms with E-state index < -0.39 is 10.0 Å². The minimum Gasteiger partial charge on any atom is -0.506 e. The first-order valence-electron chi connectivity index (χ1n) is 6.19. The van der Waals surface area contributed by atoms with Gasteiger partial charge in [-0.2, -0.15) is 0 Å². The molecule has 0 atom stereocenters. The number of hydrogen-bond acceptors (Lipinski definition) is 5. The van der Waals surface area contributed by atoms with E-state index in [1.54, 1.807) is 12.3 Å². The normalized spacial score (nSPS) is 14.4. The number of pyridine rings is 1. The van der Waals surface area contributed by atoms with Crippen LogP contribution in [0.1, 0.15) is 0 Å². The third kappa shape index (κ3) is 2.57. The van der Waals surface area contributed by atoms with Gasteiger partial charge in [0.15, 0.2) is 0 Å². The van der Waals surface area contributed by atoms with Crippen LogP contribution in [0.25, 0.3) is 0 Å². The first-order valence-corrected chi connectivity index (χ1v) is 9.21. The van der Waals surface area contributed by atoms with Gasteiger partial charge < -0.3 is 9.84 Å². The SMILES string of the molecule is O=S(=O)(c1cc(Br)c(O)c(Br)c1)N1CCOc2ccncc21. The molecule has 0 spiro atoms. The minimum atomic E-state index is -3.79. The second-order valence-electron chi connectivity index (χ2n) is 4.50. The van der Waals surface area contributed by atoms with Gasteiger partial charge in [0.25, 0.3) is 10.0 Å². The Bertz CT molecular complexity index is 819. The summed E-state index contributed by atoms with van der Waals surface area (Å²) < 4.78 is 33.1. The van der Waals surface area contributed by atoms with E-state index in [1.165, 1.54) is 22.6 Å². The van der Waals surface area contributed by atoms with Crippen LogP contribution in [0.15, 0.2) is 44.4 Å². The lowest BCUT2D eigenvalue weighted by Gasteiger charge is -2.30. The Morgan fingerprint density at radius 3 is 2.64 bits per heavy atom. The van der Waals surface area contributed by atoms with Crippen molar-refractivity contribution in [3.05, 3.63) is 39.5 Å². The van der Waals surface area contributed by atoms with Crippen molar-refractivity contribution >= 4 is 47.6 Å². The summed E-state index contributed by atoms with van der Waals surface area (Å²) >= 11 is 6.29. The van der Waals surface area contributed by atoms with E-state index in [9.17, 15) is 13.5 Å². The molecule has 1 N–H and O–H groups in total. The van der Waals surface area contributed by atoms with Crippen LogP contribution in [0, 0.1) is 0 Å². The number of aromatic nitrogens is 1. The Morgan fingerprint density at radius 2 is 1.95 bits per heavy atom. The molecule has 1 aliphatic rings. The van der Waals surface area contributed by atoms with Crippen LogP contribution >= 0.6 is 31.9 Å². The smallest absolute Gasteiger partial charge is 0.264 e. The van der Waals surface area contributed by atoms with E-state index in [0.29, 0.717) is 20.4 Å². The number of benzene rings is 1. The van der Waals surface area contributed by atoms with Crippen molar-refractivity contribution in [3.63, 3.8) is 0 Å². The van der Waals surface area contributed by atoms with Crippen LogP contribution in [0.5, 0.6) is 11.5 Å². The number of phenolic OH excluding ortho intramolecular Hbond substituents is 1. The summed E-state index contributed by atoms with van der Waals surface area (Å²) in [7, 11) is -3.79. The molecule has 0 amide bonds. The largest absolute Gasteiger partial charge is 0.506 e. The molecule has 0 radical (unpaired) electrons. The van der Waals surface area contributed by atoms with Crippen LogP contribution < -0.4 is 9.04 Å². The van der Waals surface area contributed by atoms with Gasteiger partial charge in [-0.15, -0.1) is 0 Å². The zero-order valence-electron chi connectivity index (χ0n) is 11.0. The number of hydrogen-bond donors (Lipinski definition) is 1. The van der Waals surface area contributed by atoms with Crippen molar-refractivity contribution in [2.45, 2.75) is 4.90 Å². The van der Waals surface area contributed by atoms with Crippen LogP contribution in [-0.4, -0.2) is 31.7 Å². The summed E-state index contributed by atoms with van der Waals surface area (Å²) in [5.74, 6) is 0.421. The molecule has 1 aliphatic heterocycles. The first-order chi connectivity index (χ1) is 10.4. The molecule has 2 heterocycles. The summed E-state index contributed by atoms with van der Waals surface area (Å²) in [6, 6.07) is 4.35. The fraction of sp³-hybridized carbons (Fsp3) is 0.154. The number of phenols is 1. The molecule has 1 aromatic carbocycles. The Morgan fingerprint density at radius 1 is 1.27 bits per heavy atom. The number of rotatable bonds is 2. The van der Waals surface area contributed by atoms with Gasteiger partial charge in [0, 0.05) is 12.3 Å². The Hall–Kier alpha value is -1.32. The van der Waals surface area contributed by atoms with Gasteiger partial charge in [-0.25, -0.2) is 8.42 Å².